The van der Waals surface area contributed by atoms with Crippen molar-refractivity contribution in [2.45, 2.75) is 38.9 Å². The summed E-state index contributed by atoms with van der Waals surface area (Å²) in [5.74, 6) is 3.29. The summed E-state index contributed by atoms with van der Waals surface area (Å²) in [6.07, 6.45) is 0. The second-order valence-electron chi connectivity index (χ2n) is 5.75. The van der Waals surface area contributed by atoms with E-state index in [1.165, 1.54) is 0 Å². The Balaban J connectivity index is 3.08. The molecule has 0 N–H and O–H groups in total. The van der Waals surface area contributed by atoms with E-state index in [2.05, 4.69) is 61.3 Å². The van der Waals surface area contributed by atoms with Gasteiger partial charge in [0.15, 0.2) is 0 Å². The van der Waals surface area contributed by atoms with E-state index in [0.29, 0.717) is 5.04 Å². The van der Waals surface area contributed by atoms with Crippen molar-refractivity contribution in [3.8, 4) is 11.5 Å². The highest BCUT2D eigenvalue weighted by atomic mass is 79.9. The van der Waals surface area contributed by atoms with Gasteiger partial charge in [0, 0.05) is 15.1 Å². The molecule has 0 heterocycles. The van der Waals surface area contributed by atoms with Gasteiger partial charge in [-0.1, -0.05) is 51.4 Å². The Labute approximate surface area is 119 Å². The number of hydrogen-bond acceptors (Lipinski definition) is 0. The van der Waals surface area contributed by atoms with Crippen molar-refractivity contribution in [3.63, 3.8) is 0 Å². The van der Waals surface area contributed by atoms with E-state index in [1.807, 2.05) is 18.2 Å². The lowest BCUT2D eigenvalue weighted by Gasteiger charge is -2.31. The molecular formula is C14H18BrClSi. The molecule has 0 fully saturated rings. The van der Waals surface area contributed by atoms with Crippen molar-refractivity contribution in [2.75, 3.05) is 0 Å². The Bertz CT molecular complexity index is 475. The molecule has 3 heteroatoms. The maximum atomic E-state index is 5.91. The molecule has 0 unspecified atom stereocenters. The highest BCUT2D eigenvalue weighted by molar-refractivity contribution is 9.10. The van der Waals surface area contributed by atoms with Crippen LogP contribution in [0, 0.1) is 11.5 Å². The van der Waals surface area contributed by atoms with Crippen LogP contribution in [0.25, 0.3) is 0 Å². The number of hydrogen-bond donors (Lipinski definition) is 0. The molecular weight excluding hydrogens is 312 g/mol. The van der Waals surface area contributed by atoms with Gasteiger partial charge in [-0.3, -0.25) is 0 Å². The lowest BCUT2D eigenvalue weighted by Crippen LogP contribution is -2.35. The van der Waals surface area contributed by atoms with Gasteiger partial charge in [0.05, 0.1) is 0 Å². The summed E-state index contributed by atoms with van der Waals surface area (Å²) in [4.78, 5) is 0. The molecule has 0 aromatic heterocycles. The highest BCUT2D eigenvalue weighted by Crippen LogP contribution is 2.35. The predicted octanol–water partition coefficient (Wildman–Crippen LogP) is 5.50. The molecule has 1 rings (SSSR count). The van der Waals surface area contributed by atoms with E-state index in [0.717, 1.165) is 15.1 Å². The Kier molecular flexibility index (Phi) is 4.52. The van der Waals surface area contributed by atoms with Crippen LogP contribution in [-0.4, -0.2) is 8.07 Å². The van der Waals surface area contributed by atoms with Gasteiger partial charge in [-0.25, -0.2) is 0 Å². The third-order valence-corrected chi connectivity index (χ3v) is 8.71. The summed E-state index contributed by atoms with van der Waals surface area (Å²) in [5, 5.41) is 1.02. The van der Waals surface area contributed by atoms with Gasteiger partial charge in [-0.15, -0.1) is 5.54 Å². The minimum absolute atomic E-state index is 0.291. The molecule has 0 nitrogen and oxygen atoms in total. The number of rotatable bonds is 0. The monoisotopic (exact) mass is 328 g/mol. The van der Waals surface area contributed by atoms with Crippen molar-refractivity contribution < 1.29 is 0 Å². The van der Waals surface area contributed by atoms with Crippen LogP contribution in [0.5, 0.6) is 0 Å². The highest BCUT2D eigenvalue weighted by Gasteiger charge is 2.33. The number of halogens is 2. The van der Waals surface area contributed by atoms with Crippen molar-refractivity contribution in [1.29, 1.82) is 0 Å². The van der Waals surface area contributed by atoms with Crippen LogP contribution >= 0.6 is 27.5 Å². The zero-order valence-corrected chi connectivity index (χ0v) is 14.3. The van der Waals surface area contributed by atoms with Gasteiger partial charge in [0.2, 0.25) is 0 Å². The maximum absolute atomic E-state index is 5.91. The molecule has 0 atom stereocenters. The molecule has 0 aliphatic heterocycles. The van der Waals surface area contributed by atoms with Crippen molar-refractivity contribution in [1.82, 2.24) is 0 Å². The van der Waals surface area contributed by atoms with Crippen LogP contribution in [0.1, 0.15) is 26.3 Å². The van der Waals surface area contributed by atoms with Crippen LogP contribution in [0.2, 0.25) is 23.2 Å². The summed E-state index contributed by atoms with van der Waals surface area (Å²) in [5.41, 5.74) is 4.50. The van der Waals surface area contributed by atoms with E-state index in [-0.39, 0.29) is 0 Å². The van der Waals surface area contributed by atoms with Crippen molar-refractivity contribution >= 4 is 35.6 Å². The quantitative estimate of drug-likeness (QED) is 0.435. The Morgan fingerprint density at radius 1 is 1.24 bits per heavy atom. The third kappa shape index (κ3) is 3.88. The van der Waals surface area contributed by atoms with E-state index in [4.69, 9.17) is 11.6 Å². The molecule has 0 saturated carbocycles. The molecule has 1 aromatic rings. The fourth-order valence-corrected chi connectivity index (χ4v) is 2.61. The SMILES string of the molecule is CC(C)(C)[Si](C)(C)C#Cc1ccc(Cl)cc1Br. The minimum Gasteiger partial charge on any atom is -0.126 e. The van der Waals surface area contributed by atoms with Gasteiger partial charge in [0.1, 0.15) is 8.07 Å². The van der Waals surface area contributed by atoms with Gasteiger partial charge in [-0.2, -0.15) is 0 Å². The molecule has 92 valence electrons. The average molecular weight is 330 g/mol. The summed E-state index contributed by atoms with van der Waals surface area (Å²) >= 11 is 9.40. The normalized spacial score (nSPS) is 11.9. The fraction of sp³-hybridized carbons (Fsp3) is 0.429. The molecule has 1 aromatic carbocycles. The van der Waals surface area contributed by atoms with Crippen LogP contribution in [0.15, 0.2) is 22.7 Å². The Morgan fingerprint density at radius 3 is 2.29 bits per heavy atom. The van der Waals surface area contributed by atoms with E-state index in [1.54, 1.807) is 0 Å². The third-order valence-electron chi connectivity index (χ3n) is 3.32. The first-order valence-electron chi connectivity index (χ1n) is 5.62. The first-order valence-corrected chi connectivity index (χ1v) is 9.79. The molecule has 0 aliphatic rings. The van der Waals surface area contributed by atoms with E-state index in [9.17, 15) is 0 Å². The average Bonchev–Trinajstić information content (AvgIpc) is 2.14. The standard InChI is InChI=1S/C14H18BrClSi/c1-14(2,3)17(4,5)9-8-11-6-7-12(16)10-13(11)15/h6-7,10H,1-5H3. The second kappa shape index (κ2) is 5.18. The molecule has 17 heavy (non-hydrogen) atoms. The zero-order valence-electron chi connectivity index (χ0n) is 11.0. The minimum atomic E-state index is -1.54. The second-order valence-corrected chi connectivity index (χ2v) is 12.0. The lowest BCUT2D eigenvalue weighted by molar-refractivity contribution is 0.731. The molecule has 0 bridgehead atoms. The maximum Gasteiger partial charge on any atom is 0.138 e. The van der Waals surface area contributed by atoms with Crippen molar-refractivity contribution in [2.24, 2.45) is 0 Å². The lowest BCUT2D eigenvalue weighted by atomic mass is 10.2. The van der Waals surface area contributed by atoms with Crippen molar-refractivity contribution in [3.05, 3.63) is 33.3 Å². The molecule has 0 spiro atoms. The first-order chi connectivity index (χ1) is 7.63. The van der Waals surface area contributed by atoms with Gasteiger partial charge >= 0.3 is 0 Å². The van der Waals surface area contributed by atoms with Crippen LogP contribution in [-0.2, 0) is 0 Å². The van der Waals surface area contributed by atoms with Gasteiger partial charge in [0.25, 0.3) is 0 Å². The predicted molar refractivity (Wildman–Crippen MR) is 83.2 cm³/mol. The Morgan fingerprint density at radius 2 is 1.82 bits per heavy atom. The summed E-state index contributed by atoms with van der Waals surface area (Å²) < 4.78 is 0.969. The Hall–Kier alpha value is -0.233. The van der Waals surface area contributed by atoms with Gasteiger partial charge in [-0.05, 0) is 39.2 Å². The molecule has 0 radical (unpaired) electrons. The van der Waals surface area contributed by atoms with Crippen LogP contribution in [0.3, 0.4) is 0 Å². The van der Waals surface area contributed by atoms with E-state index < -0.39 is 8.07 Å². The smallest absolute Gasteiger partial charge is 0.126 e. The van der Waals surface area contributed by atoms with Gasteiger partial charge < -0.3 is 0 Å². The number of benzene rings is 1. The summed E-state index contributed by atoms with van der Waals surface area (Å²) in [6, 6.07) is 5.73. The molecule has 0 saturated heterocycles. The first kappa shape index (κ1) is 14.8. The van der Waals surface area contributed by atoms with E-state index >= 15 is 0 Å². The largest absolute Gasteiger partial charge is 0.138 e. The fourth-order valence-electron chi connectivity index (χ4n) is 1.00. The van der Waals surface area contributed by atoms with Crippen LogP contribution in [0.4, 0.5) is 0 Å². The zero-order chi connectivity index (χ0) is 13.3. The summed E-state index contributed by atoms with van der Waals surface area (Å²) in [7, 11) is -1.54. The molecule has 0 aliphatic carbocycles. The molecule has 0 amide bonds. The topological polar surface area (TPSA) is 0 Å². The van der Waals surface area contributed by atoms with Crippen LogP contribution < -0.4 is 0 Å². The summed E-state index contributed by atoms with van der Waals surface area (Å²) in [6.45, 7) is 11.4.